The number of β-amino-alcohol motifs (C(OH)–C–C–N with tert-alkyl or cyclic N) is 1. The van der Waals surface area contributed by atoms with E-state index in [1.54, 1.807) is 29.2 Å². The van der Waals surface area contributed by atoms with Gasteiger partial charge in [0.25, 0.3) is 0 Å². The topological polar surface area (TPSA) is 196 Å². The third kappa shape index (κ3) is 9.53. The Kier molecular flexibility index (Phi) is 12.9. The Morgan fingerprint density at radius 3 is 2.36 bits per heavy atom. The van der Waals surface area contributed by atoms with Crippen LogP contribution in [0.3, 0.4) is 0 Å². The number of fused-ring (bicyclic) bond motifs is 3. The van der Waals surface area contributed by atoms with Crippen molar-refractivity contribution in [2.75, 3.05) is 44.2 Å². The molecule has 3 aromatic heterocycles. The van der Waals surface area contributed by atoms with E-state index in [0.717, 1.165) is 90.7 Å². The number of urea groups is 1. The fourth-order valence-electron chi connectivity index (χ4n) is 10.5. The number of likely N-dealkylation sites (tertiary alicyclic amines) is 3. The molecule has 67 heavy (non-hydrogen) atoms. The van der Waals surface area contributed by atoms with Crippen molar-refractivity contribution in [3.63, 3.8) is 0 Å². The van der Waals surface area contributed by atoms with Gasteiger partial charge in [-0.05, 0) is 98.5 Å². The third-order valence-electron chi connectivity index (χ3n) is 14.4. The number of rotatable bonds is 9. The van der Waals surface area contributed by atoms with Gasteiger partial charge in [-0.3, -0.25) is 9.59 Å². The molecule has 3 fully saturated rings. The Bertz CT molecular complexity index is 2640. The number of piperidine rings is 2. The molecular weight excluding hydrogens is 847 g/mol. The molecule has 5 N–H and O–H groups in total. The van der Waals surface area contributed by atoms with Gasteiger partial charge in [0.05, 0.1) is 17.8 Å². The first-order chi connectivity index (χ1) is 32.2. The summed E-state index contributed by atoms with van der Waals surface area (Å²) in [5, 5.41) is 36.9. The minimum atomic E-state index is -0.900. The van der Waals surface area contributed by atoms with Crippen LogP contribution in [-0.4, -0.2) is 131 Å². The molecule has 2 aromatic carbocycles. The number of amides is 4. The van der Waals surface area contributed by atoms with E-state index in [1.165, 1.54) is 4.90 Å². The normalized spacial score (nSPS) is 21.2. The Morgan fingerprint density at radius 2 is 1.67 bits per heavy atom. The number of phenolic OH excluding ortho intramolecular Hbond substituents is 1. The molecule has 7 heterocycles. The lowest BCUT2D eigenvalue weighted by molar-refractivity contribution is -0.142. The lowest BCUT2D eigenvalue weighted by atomic mass is 9.85. The molecule has 0 spiro atoms. The number of nitrogens with zero attached hydrogens (tertiary/aromatic N) is 8. The van der Waals surface area contributed by atoms with Crippen LogP contribution in [0.4, 0.5) is 10.7 Å². The van der Waals surface area contributed by atoms with E-state index in [4.69, 9.17) is 16.4 Å². The predicted octanol–water partition coefficient (Wildman–Crippen LogP) is 5.27. The SMILES string of the molecule is C#Cc1ccc(CNC(=O)[C@@H]2C[C@@H](O)CN2C(=O)[C@@H](NC(=O)N2CCC(N3CCC(c4cnc(N5CCc6[nH]c7nnc(-c8ccccc8O)cc7c6[C@H]5C)nc4)CC3)CC2)C(C)(C)C)cc1. The third-order valence-corrected chi connectivity index (χ3v) is 14.4. The van der Waals surface area contributed by atoms with E-state index in [0.29, 0.717) is 42.3 Å². The molecule has 4 aliphatic rings. The molecule has 9 rings (SSSR count). The fraction of sp³-hybridized carbons (Fsp3) is 0.471. The number of benzene rings is 2. The van der Waals surface area contributed by atoms with Gasteiger partial charge in [0.2, 0.25) is 17.8 Å². The van der Waals surface area contributed by atoms with Crippen LogP contribution in [0.15, 0.2) is 67.0 Å². The zero-order chi connectivity index (χ0) is 47.0. The maximum atomic E-state index is 14.2. The number of phenols is 1. The van der Waals surface area contributed by atoms with Gasteiger partial charge in [-0.25, -0.2) is 14.8 Å². The zero-order valence-electron chi connectivity index (χ0n) is 38.8. The average molecular weight is 908 g/mol. The zero-order valence-corrected chi connectivity index (χ0v) is 38.8. The first-order valence-corrected chi connectivity index (χ1v) is 23.6. The summed E-state index contributed by atoms with van der Waals surface area (Å²) in [7, 11) is 0. The minimum Gasteiger partial charge on any atom is -0.507 e. The predicted molar refractivity (Wildman–Crippen MR) is 255 cm³/mol. The summed E-state index contributed by atoms with van der Waals surface area (Å²) in [6.07, 6.45) is 13.2. The number of aromatic hydroxyl groups is 1. The second-order valence-electron chi connectivity index (χ2n) is 19.7. The van der Waals surface area contributed by atoms with Gasteiger partial charge in [0.1, 0.15) is 17.8 Å². The van der Waals surface area contributed by atoms with Crippen LogP contribution in [-0.2, 0) is 22.6 Å². The highest BCUT2D eigenvalue weighted by Gasteiger charge is 2.45. The fourth-order valence-corrected chi connectivity index (χ4v) is 10.5. The summed E-state index contributed by atoms with van der Waals surface area (Å²) in [4.78, 5) is 62.7. The van der Waals surface area contributed by atoms with Crippen LogP contribution < -0.4 is 15.5 Å². The highest BCUT2D eigenvalue weighted by Crippen LogP contribution is 2.39. The average Bonchev–Trinajstić information content (AvgIpc) is 3.93. The standard InChI is InChI=1S/C51H61N11O5/c1-6-32-11-13-33(14-12-32)27-52-47(65)42-25-37(63)30-62(42)48(66)45(51(3,4)5)56-50(67)60-22-17-36(18-23-60)59-20-15-34(16-21-59)35-28-53-49(54-29-35)61-24-19-40-44(31(61)2)39-26-41(57-58-46(39)55-40)38-9-7-8-10-43(38)64/h1,7-14,26,28-29,31,34,36-37,42,45,63-64H,15-25,27,30H2,2-5H3,(H,52,65)(H,55,58)(H,56,67)/t31-,37-,42+,45-/m1/s1. The molecule has 0 unspecified atom stereocenters. The monoisotopic (exact) mass is 907 g/mol. The molecule has 5 aromatic rings. The number of aromatic nitrogens is 5. The van der Waals surface area contributed by atoms with Gasteiger partial charge in [0, 0.05) is 91.8 Å². The van der Waals surface area contributed by atoms with Crippen LogP contribution in [0.1, 0.15) is 99.7 Å². The van der Waals surface area contributed by atoms with E-state index in [1.807, 2.05) is 63.5 Å². The highest BCUT2D eigenvalue weighted by molar-refractivity contribution is 5.93. The number of para-hydroxylation sites is 1. The summed E-state index contributed by atoms with van der Waals surface area (Å²) in [5.74, 6) is 3.08. The smallest absolute Gasteiger partial charge is 0.318 e. The Balaban J connectivity index is 0.760. The number of hydrogen-bond donors (Lipinski definition) is 5. The summed E-state index contributed by atoms with van der Waals surface area (Å²) in [5.41, 5.74) is 6.39. The van der Waals surface area contributed by atoms with Crippen molar-refractivity contribution in [2.45, 2.75) is 109 Å². The van der Waals surface area contributed by atoms with Crippen LogP contribution >= 0.6 is 0 Å². The first kappa shape index (κ1) is 45.6. The number of hydrogen-bond acceptors (Lipinski definition) is 11. The number of carbonyl (C=O) groups is 3. The molecule has 16 nitrogen and oxygen atoms in total. The highest BCUT2D eigenvalue weighted by atomic mass is 16.3. The van der Waals surface area contributed by atoms with Crippen molar-refractivity contribution in [3.05, 3.63) is 94.9 Å². The van der Waals surface area contributed by atoms with Crippen molar-refractivity contribution in [2.24, 2.45) is 5.41 Å². The van der Waals surface area contributed by atoms with Gasteiger partial charge in [-0.2, -0.15) is 0 Å². The Hall–Kier alpha value is -6.57. The van der Waals surface area contributed by atoms with Gasteiger partial charge in [-0.15, -0.1) is 16.6 Å². The molecule has 16 heteroatoms. The molecule has 4 aliphatic heterocycles. The van der Waals surface area contributed by atoms with E-state index in [2.05, 4.69) is 48.5 Å². The summed E-state index contributed by atoms with van der Waals surface area (Å²) < 4.78 is 0. The Labute approximate surface area is 391 Å². The number of terminal acetylenes is 1. The summed E-state index contributed by atoms with van der Waals surface area (Å²) >= 11 is 0. The van der Waals surface area contributed by atoms with Crippen molar-refractivity contribution in [1.82, 2.24) is 50.5 Å². The van der Waals surface area contributed by atoms with Crippen LogP contribution in [0.25, 0.3) is 22.3 Å². The molecule has 0 saturated carbocycles. The number of aliphatic hydroxyl groups excluding tert-OH is 1. The van der Waals surface area contributed by atoms with Gasteiger partial charge in [-0.1, -0.05) is 51.0 Å². The number of nitrogens with one attached hydrogen (secondary N) is 3. The van der Waals surface area contributed by atoms with Crippen molar-refractivity contribution >= 4 is 34.8 Å². The molecule has 4 atom stereocenters. The van der Waals surface area contributed by atoms with Gasteiger partial charge < -0.3 is 45.4 Å². The molecule has 0 radical (unpaired) electrons. The maximum absolute atomic E-state index is 14.2. The van der Waals surface area contributed by atoms with Crippen LogP contribution in [0.2, 0.25) is 0 Å². The van der Waals surface area contributed by atoms with E-state index in [9.17, 15) is 24.6 Å². The van der Waals surface area contributed by atoms with E-state index < -0.39 is 23.6 Å². The molecule has 4 amide bonds. The van der Waals surface area contributed by atoms with Crippen molar-refractivity contribution < 1.29 is 24.6 Å². The lowest BCUT2D eigenvalue weighted by Gasteiger charge is -2.42. The van der Waals surface area contributed by atoms with E-state index >= 15 is 0 Å². The van der Waals surface area contributed by atoms with Gasteiger partial charge >= 0.3 is 6.03 Å². The van der Waals surface area contributed by atoms with Crippen LogP contribution in [0.5, 0.6) is 5.75 Å². The number of anilines is 1. The molecule has 0 aliphatic carbocycles. The van der Waals surface area contributed by atoms with E-state index in [-0.39, 0.29) is 49.1 Å². The Morgan fingerprint density at radius 1 is 0.955 bits per heavy atom. The number of aliphatic hydroxyl groups is 1. The number of carbonyl (C=O) groups excluding carboxylic acids is 3. The minimum absolute atomic E-state index is 0.00120. The molecular formula is C51H61N11O5. The largest absolute Gasteiger partial charge is 0.507 e. The van der Waals surface area contributed by atoms with Crippen molar-refractivity contribution in [3.8, 4) is 29.4 Å². The van der Waals surface area contributed by atoms with Crippen molar-refractivity contribution in [1.29, 1.82) is 0 Å². The second-order valence-corrected chi connectivity index (χ2v) is 19.7. The second kappa shape index (κ2) is 19.0. The number of H-pyrrole nitrogens is 1. The molecule has 0 bridgehead atoms. The summed E-state index contributed by atoms with van der Waals surface area (Å²) in [6.45, 7) is 12.0. The number of aromatic amines is 1. The summed E-state index contributed by atoms with van der Waals surface area (Å²) in [6, 6.07) is 14.8. The quantitative estimate of drug-likeness (QED) is 0.121. The maximum Gasteiger partial charge on any atom is 0.318 e. The lowest BCUT2D eigenvalue weighted by Crippen LogP contribution is -2.60. The van der Waals surface area contributed by atoms with Gasteiger partial charge in [0.15, 0.2) is 5.65 Å². The van der Waals surface area contributed by atoms with Crippen LogP contribution in [0, 0.1) is 17.8 Å². The first-order valence-electron chi connectivity index (χ1n) is 23.6. The molecule has 3 saturated heterocycles. The molecule has 350 valence electrons.